The third-order valence-corrected chi connectivity index (χ3v) is 3.47. The van der Waals surface area contributed by atoms with Crippen molar-refractivity contribution in [2.75, 3.05) is 26.9 Å². The Morgan fingerprint density at radius 1 is 1.57 bits per heavy atom. The molecule has 1 unspecified atom stereocenters. The standard InChI is InChI=1S/C16H21NO4/c1-12-3-5-14(20-2)13(9-12)4-6-15(18)17-10-16(19)7-8-21-11-16/h3-6,9,19H,7-8,10-11H2,1-2H3,(H,17,18)/b6-4+. The lowest BCUT2D eigenvalue weighted by Gasteiger charge is -2.19. The molecular formula is C16H21NO4. The van der Waals surface area contributed by atoms with Crippen LogP contribution in [0.15, 0.2) is 24.3 Å². The monoisotopic (exact) mass is 291 g/mol. The SMILES string of the molecule is COc1ccc(C)cc1/C=C/C(=O)NCC1(O)CCOC1. The Kier molecular flexibility index (Phi) is 4.98. The van der Waals surface area contributed by atoms with E-state index in [1.54, 1.807) is 13.2 Å². The van der Waals surface area contributed by atoms with Gasteiger partial charge in [0.2, 0.25) is 5.91 Å². The Labute approximate surface area is 124 Å². The van der Waals surface area contributed by atoms with Gasteiger partial charge in [0.15, 0.2) is 0 Å². The van der Waals surface area contributed by atoms with E-state index in [0.29, 0.717) is 18.8 Å². The van der Waals surface area contributed by atoms with Crippen molar-refractivity contribution in [2.45, 2.75) is 18.9 Å². The van der Waals surface area contributed by atoms with Crippen molar-refractivity contribution in [1.29, 1.82) is 0 Å². The zero-order valence-electron chi connectivity index (χ0n) is 12.4. The highest BCUT2D eigenvalue weighted by atomic mass is 16.5. The van der Waals surface area contributed by atoms with Crippen LogP contribution in [0.4, 0.5) is 0 Å². The predicted octanol–water partition coefficient (Wildman–Crippen LogP) is 1.28. The summed E-state index contributed by atoms with van der Waals surface area (Å²) in [7, 11) is 1.59. The van der Waals surface area contributed by atoms with E-state index >= 15 is 0 Å². The number of benzene rings is 1. The molecule has 2 N–H and O–H groups in total. The minimum atomic E-state index is -0.940. The van der Waals surface area contributed by atoms with Gasteiger partial charge >= 0.3 is 0 Å². The van der Waals surface area contributed by atoms with Gasteiger partial charge in [-0.05, 0) is 25.1 Å². The van der Waals surface area contributed by atoms with Crippen LogP contribution in [0.5, 0.6) is 5.75 Å². The Hall–Kier alpha value is -1.85. The van der Waals surface area contributed by atoms with Crippen LogP contribution in [-0.2, 0) is 9.53 Å². The average molecular weight is 291 g/mol. The molecule has 0 radical (unpaired) electrons. The summed E-state index contributed by atoms with van der Waals surface area (Å²) in [5, 5.41) is 12.8. The van der Waals surface area contributed by atoms with Gasteiger partial charge in [-0.2, -0.15) is 0 Å². The van der Waals surface area contributed by atoms with Gasteiger partial charge in [0.05, 0.1) is 13.7 Å². The Balaban J connectivity index is 1.94. The van der Waals surface area contributed by atoms with Crippen molar-refractivity contribution in [1.82, 2.24) is 5.32 Å². The second-order valence-electron chi connectivity index (χ2n) is 5.32. The van der Waals surface area contributed by atoms with Crippen LogP contribution in [0.2, 0.25) is 0 Å². The van der Waals surface area contributed by atoms with Gasteiger partial charge in [0, 0.05) is 31.2 Å². The van der Waals surface area contributed by atoms with E-state index in [9.17, 15) is 9.90 Å². The first kappa shape index (κ1) is 15.5. The molecule has 0 aliphatic carbocycles. The Morgan fingerprint density at radius 2 is 2.38 bits per heavy atom. The van der Waals surface area contributed by atoms with E-state index in [0.717, 1.165) is 11.1 Å². The van der Waals surface area contributed by atoms with Crippen molar-refractivity contribution >= 4 is 12.0 Å². The number of aryl methyl sites for hydroxylation is 1. The lowest BCUT2D eigenvalue weighted by Crippen LogP contribution is -2.42. The average Bonchev–Trinajstić information content (AvgIpc) is 2.90. The van der Waals surface area contributed by atoms with Gasteiger partial charge < -0.3 is 19.9 Å². The minimum absolute atomic E-state index is 0.196. The first-order valence-electron chi connectivity index (χ1n) is 6.93. The smallest absolute Gasteiger partial charge is 0.244 e. The van der Waals surface area contributed by atoms with E-state index in [-0.39, 0.29) is 19.1 Å². The number of ether oxygens (including phenoxy) is 2. The number of hydrogen-bond acceptors (Lipinski definition) is 4. The highest BCUT2D eigenvalue weighted by Gasteiger charge is 2.32. The van der Waals surface area contributed by atoms with Crippen LogP contribution in [-0.4, -0.2) is 43.5 Å². The molecule has 0 aromatic heterocycles. The summed E-state index contributed by atoms with van der Waals surface area (Å²) in [6, 6.07) is 5.76. The molecule has 1 saturated heterocycles. The molecule has 1 aromatic rings. The number of amides is 1. The van der Waals surface area contributed by atoms with Gasteiger partial charge in [-0.15, -0.1) is 0 Å². The van der Waals surface area contributed by atoms with Crippen LogP contribution in [0, 0.1) is 6.92 Å². The third-order valence-electron chi connectivity index (χ3n) is 3.47. The van der Waals surface area contributed by atoms with Gasteiger partial charge in [0.1, 0.15) is 11.4 Å². The number of aliphatic hydroxyl groups is 1. The summed E-state index contributed by atoms with van der Waals surface area (Å²) in [5.74, 6) is 0.464. The molecule has 5 heteroatoms. The van der Waals surface area contributed by atoms with Crippen LogP contribution in [0.3, 0.4) is 0 Å². The lowest BCUT2D eigenvalue weighted by atomic mass is 10.0. The highest BCUT2D eigenvalue weighted by Crippen LogP contribution is 2.21. The van der Waals surface area contributed by atoms with E-state index in [4.69, 9.17) is 9.47 Å². The maximum Gasteiger partial charge on any atom is 0.244 e. The number of rotatable bonds is 5. The fourth-order valence-corrected chi connectivity index (χ4v) is 2.20. The van der Waals surface area contributed by atoms with Gasteiger partial charge in [0.25, 0.3) is 0 Å². The molecule has 114 valence electrons. The first-order valence-corrected chi connectivity index (χ1v) is 6.93. The van der Waals surface area contributed by atoms with Gasteiger partial charge in [-0.1, -0.05) is 11.6 Å². The minimum Gasteiger partial charge on any atom is -0.496 e. The fraction of sp³-hybridized carbons (Fsp3) is 0.438. The molecule has 1 atom stereocenters. The molecule has 1 amide bonds. The molecule has 0 spiro atoms. The maximum absolute atomic E-state index is 11.8. The summed E-state index contributed by atoms with van der Waals surface area (Å²) in [6.45, 7) is 2.97. The Bertz CT molecular complexity index is 533. The second-order valence-corrected chi connectivity index (χ2v) is 5.32. The van der Waals surface area contributed by atoms with Crippen molar-refractivity contribution in [3.8, 4) is 5.75 Å². The van der Waals surface area contributed by atoms with E-state index in [1.165, 1.54) is 6.08 Å². The van der Waals surface area contributed by atoms with E-state index in [2.05, 4.69) is 5.32 Å². The van der Waals surface area contributed by atoms with Crippen LogP contribution in [0.1, 0.15) is 17.5 Å². The molecule has 2 rings (SSSR count). The molecule has 21 heavy (non-hydrogen) atoms. The van der Waals surface area contributed by atoms with Gasteiger partial charge in [-0.3, -0.25) is 4.79 Å². The van der Waals surface area contributed by atoms with Crippen molar-refractivity contribution in [2.24, 2.45) is 0 Å². The molecule has 1 heterocycles. The zero-order valence-corrected chi connectivity index (χ0v) is 12.4. The molecule has 0 bridgehead atoms. The second kappa shape index (κ2) is 6.74. The number of methoxy groups -OCH3 is 1. The number of hydrogen-bond donors (Lipinski definition) is 2. The van der Waals surface area contributed by atoms with E-state index < -0.39 is 5.60 Å². The van der Waals surface area contributed by atoms with Crippen molar-refractivity contribution in [3.05, 3.63) is 35.4 Å². The lowest BCUT2D eigenvalue weighted by molar-refractivity contribution is -0.117. The normalized spacial score (nSPS) is 21.7. The zero-order chi connectivity index (χ0) is 15.3. The number of carbonyl (C=O) groups excluding carboxylic acids is 1. The molecule has 0 saturated carbocycles. The fourth-order valence-electron chi connectivity index (χ4n) is 2.20. The van der Waals surface area contributed by atoms with Crippen LogP contribution >= 0.6 is 0 Å². The van der Waals surface area contributed by atoms with Crippen LogP contribution < -0.4 is 10.1 Å². The molecule has 1 aliphatic heterocycles. The maximum atomic E-state index is 11.8. The summed E-state index contributed by atoms with van der Waals surface area (Å²) in [4.78, 5) is 11.8. The third kappa shape index (κ3) is 4.31. The molecule has 1 fully saturated rings. The summed E-state index contributed by atoms with van der Waals surface area (Å²) < 4.78 is 10.4. The highest BCUT2D eigenvalue weighted by molar-refractivity contribution is 5.92. The molecule has 1 aromatic carbocycles. The molecule has 1 aliphatic rings. The predicted molar refractivity (Wildman–Crippen MR) is 80.2 cm³/mol. The van der Waals surface area contributed by atoms with E-state index in [1.807, 2.05) is 25.1 Å². The Morgan fingerprint density at radius 3 is 3.05 bits per heavy atom. The van der Waals surface area contributed by atoms with Crippen molar-refractivity contribution < 1.29 is 19.4 Å². The van der Waals surface area contributed by atoms with Gasteiger partial charge in [-0.25, -0.2) is 0 Å². The summed E-state index contributed by atoms with van der Waals surface area (Å²) in [5.41, 5.74) is 0.994. The largest absolute Gasteiger partial charge is 0.496 e. The van der Waals surface area contributed by atoms with Crippen LogP contribution in [0.25, 0.3) is 6.08 Å². The number of carbonyl (C=O) groups is 1. The molecular weight excluding hydrogens is 270 g/mol. The number of nitrogens with one attached hydrogen (secondary N) is 1. The molecule has 5 nitrogen and oxygen atoms in total. The summed E-state index contributed by atoms with van der Waals surface area (Å²) >= 11 is 0. The quantitative estimate of drug-likeness (QED) is 0.802. The van der Waals surface area contributed by atoms with Crippen molar-refractivity contribution in [3.63, 3.8) is 0 Å². The first-order chi connectivity index (χ1) is 10.0. The topological polar surface area (TPSA) is 67.8 Å². The summed E-state index contributed by atoms with van der Waals surface area (Å²) in [6.07, 6.45) is 3.69.